The molecule has 0 bridgehead atoms. The smallest absolute Gasteiger partial charge is 0.332 e. The van der Waals surface area contributed by atoms with Crippen LogP contribution in [-0.2, 0) is 35.6 Å². The molecular weight excluding hydrogens is 338 g/mol. The summed E-state index contributed by atoms with van der Waals surface area (Å²) in [5.41, 5.74) is 0.265. The van der Waals surface area contributed by atoms with Crippen molar-refractivity contribution in [2.45, 2.75) is 39.7 Å². The van der Waals surface area contributed by atoms with Gasteiger partial charge in [-0.25, -0.2) is 4.79 Å². The Hall–Kier alpha value is -2.84. The van der Waals surface area contributed by atoms with Crippen LogP contribution in [0.25, 0.3) is 16.9 Å². The van der Waals surface area contributed by atoms with Crippen LogP contribution in [-0.4, -0.2) is 35.7 Å². The molecule has 9 nitrogen and oxygen atoms in total. The van der Waals surface area contributed by atoms with Crippen LogP contribution < -0.4 is 11.2 Å². The second-order valence-corrected chi connectivity index (χ2v) is 7.32. The van der Waals surface area contributed by atoms with E-state index in [1.807, 2.05) is 20.8 Å². The Bertz CT molecular complexity index is 1140. The van der Waals surface area contributed by atoms with Crippen LogP contribution in [0.15, 0.2) is 15.8 Å². The standard InChI is InChI=1S/C17H23N5O4/c1-7-26-11(23)9-21-10(17(2,3)4)8-22-12-13(18-15(21)22)19(5)16(25)20(6)14(12)24/h8H,7,9H2,1-6H3. The Labute approximate surface area is 149 Å². The van der Waals surface area contributed by atoms with E-state index in [0.29, 0.717) is 11.3 Å². The van der Waals surface area contributed by atoms with E-state index in [0.717, 1.165) is 10.3 Å². The van der Waals surface area contributed by atoms with E-state index < -0.39 is 11.2 Å². The molecule has 9 heteroatoms. The Balaban J connectivity index is 2.42. The van der Waals surface area contributed by atoms with Gasteiger partial charge in [0.1, 0.15) is 6.54 Å². The van der Waals surface area contributed by atoms with Gasteiger partial charge in [-0.2, -0.15) is 4.98 Å². The fourth-order valence-electron chi connectivity index (χ4n) is 3.11. The summed E-state index contributed by atoms with van der Waals surface area (Å²) in [5.74, 6) is 0.0428. The molecule has 0 atom stereocenters. The monoisotopic (exact) mass is 361 g/mol. The summed E-state index contributed by atoms with van der Waals surface area (Å²) in [6.45, 7) is 8.05. The van der Waals surface area contributed by atoms with E-state index in [2.05, 4.69) is 4.98 Å². The zero-order valence-electron chi connectivity index (χ0n) is 15.9. The number of carbonyl (C=O) groups excluding carboxylic acids is 1. The Morgan fingerprint density at radius 3 is 2.42 bits per heavy atom. The van der Waals surface area contributed by atoms with Crippen molar-refractivity contribution in [3.63, 3.8) is 0 Å². The van der Waals surface area contributed by atoms with Gasteiger partial charge >= 0.3 is 11.7 Å². The molecule has 0 aliphatic carbocycles. The van der Waals surface area contributed by atoms with Crippen molar-refractivity contribution in [1.82, 2.24) is 23.1 Å². The first kappa shape index (κ1) is 18.0. The summed E-state index contributed by atoms with van der Waals surface area (Å²) < 4.78 is 10.8. The van der Waals surface area contributed by atoms with Gasteiger partial charge in [-0.3, -0.25) is 23.1 Å². The molecule has 0 aliphatic rings. The lowest BCUT2D eigenvalue weighted by atomic mass is 9.92. The third-order valence-electron chi connectivity index (χ3n) is 4.42. The SMILES string of the molecule is CCOC(=O)Cn1c(C(C)(C)C)cn2c3c(=O)n(C)c(=O)n(C)c3nc12. The fraction of sp³-hybridized carbons (Fsp3) is 0.529. The molecule has 3 aromatic rings. The number of nitrogens with zero attached hydrogens (tertiary/aromatic N) is 5. The van der Waals surface area contributed by atoms with Crippen LogP contribution in [0.5, 0.6) is 0 Å². The normalized spacial score (nSPS) is 12.2. The molecule has 0 unspecified atom stereocenters. The average molecular weight is 361 g/mol. The van der Waals surface area contributed by atoms with Crippen molar-refractivity contribution in [1.29, 1.82) is 0 Å². The minimum Gasteiger partial charge on any atom is -0.465 e. The number of esters is 1. The molecule has 3 aromatic heterocycles. The van der Waals surface area contributed by atoms with Gasteiger partial charge in [0.25, 0.3) is 5.56 Å². The highest BCUT2D eigenvalue weighted by molar-refractivity contribution is 5.77. The maximum absolute atomic E-state index is 12.7. The molecular formula is C17H23N5O4. The molecule has 0 saturated carbocycles. The van der Waals surface area contributed by atoms with E-state index in [1.165, 1.54) is 11.6 Å². The summed E-state index contributed by atoms with van der Waals surface area (Å²) in [4.78, 5) is 41.4. The lowest BCUT2D eigenvalue weighted by Crippen LogP contribution is -2.37. The summed E-state index contributed by atoms with van der Waals surface area (Å²) in [6.07, 6.45) is 1.80. The highest BCUT2D eigenvalue weighted by Gasteiger charge is 2.26. The molecule has 140 valence electrons. The van der Waals surface area contributed by atoms with Gasteiger partial charge in [-0.1, -0.05) is 20.8 Å². The van der Waals surface area contributed by atoms with Crippen molar-refractivity contribution in [2.75, 3.05) is 6.61 Å². The van der Waals surface area contributed by atoms with Crippen LogP contribution in [0.4, 0.5) is 0 Å². The third kappa shape index (κ3) is 2.54. The van der Waals surface area contributed by atoms with Crippen molar-refractivity contribution in [3.8, 4) is 0 Å². The third-order valence-corrected chi connectivity index (χ3v) is 4.42. The summed E-state index contributed by atoms with van der Waals surface area (Å²) in [6, 6.07) is 0. The molecule has 26 heavy (non-hydrogen) atoms. The lowest BCUT2D eigenvalue weighted by Gasteiger charge is -2.20. The van der Waals surface area contributed by atoms with Crippen LogP contribution in [0.3, 0.4) is 0 Å². The molecule has 0 spiro atoms. The van der Waals surface area contributed by atoms with E-state index in [9.17, 15) is 14.4 Å². The highest BCUT2D eigenvalue weighted by atomic mass is 16.5. The molecule has 0 aromatic carbocycles. The maximum Gasteiger partial charge on any atom is 0.332 e. The quantitative estimate of drug-likeness (QED) is 0.635. The fourth-order valence-corrected chi connectivity index (χ4v) is 3.11. The number of ether oxygens (including phenoxy) is 1. The first-order chi connectivity index (χ1) is 12.1. The maximum atomic E-state index is 12.7. The highest BCUT2D eigenvalue weighted by Crippen LogP contribution is 2.26. The van der Waals surface area contributed by atoms with Gasteiger partial charge in [-0.15, -0.1) is 0 Å². The Morgan fingerprint density at radius 2 is 1.85 bits per heavy atom. The number of aryl methyl sites for hydroxylation is 1. The van der Waals surface area contributed by atoms with Crippen LogP contribution >= 0.6 is 0 Å². The zero-order valence-corrected chi connectivity index (χ0v) is 15.9. The average Bonchev–Trinajstić information content (AvgIpc) is 3.08. The Morgan fingerprint density at radius 1 is 1.19 bits per heavy atom. The van der Waals surface area contributed by atoms with Crippen molar-refractivity contribution >= 4 is 22.9 Å². The van der Waals surface area contributed by atoms with Crippen LogP contribution in [0.1, 0.15) is 33.4 Å². The van der Waals surface area contributed by atoms with E-state index >= 15 is 0 Å². The summed E-state index contributed by atoms with van der Waals surface area (Å²) in [5, 5.41) is 0. The number of hydrogen-bond acceptors (Lipinski definition) is 5. The van der Waals surface area contributed by atoms with Gasteiger partial charge in [0, 0.05) is 31.4 Å². The molecule has 0 aliphatic heterocycles. The number of hydrogen-bond donors (Lipinski definition) is 0. The first-order valence-electron chi connectivity index (χ1n) is 8.41. The second-order valence-electron chi connectivity index (χ2n) is 7.32. The molecule has 0 fully saturated rings. The number of rotatable bonds is 3. The minimum atomic E-state index is -0.448. The second kappa shape index (κ2) is 5.86. The molecule has 0 saturated heterocycles. The molecule has 3 rings (SSSR count). The number of fused-ring (bicyclic) bond motifs is 3. The Kier molecular flexibility index (Phi) is 4.05. The molecule has 3 heterocycles. The minimum absolute atomic E-state index is 0.0193. The van der Waals surface area contributed by atoms with Crippen molar-refractivity contribution < 1.29 is 9.53 Å². The van der Waals surface area contributed by atoms with Crippen molar-refractivity contribution in [2.24, 2.45) is 14.1 Å². The predicted octanol–water partition coefficient (Wildman–Crippen LogP) is 0.547. The van der Waals surface area contributed by atoms with E-state index in [-0.39, 0.29) is 30.2 Å². The van der Waals surface area contributed by atoms with Crippen LogP contribution in [0.2, 0.25) is 0 Å². The van der Waals surface area contributed by atoms with E-state index in [4.69, 9.17) is 4.74 Å². The lowest BCUT2D eigenvalue weighted by molar-refractivity contribution is -0.143. The molecule has 0 amide bonds. The largest absolute Gasteiger partial charge is 0.465 e. The van der Waals surface area contributed by atoms with Gasteiger partial charge in [0.15, 0.2) is 11.2 Å². The van der Waals surface area contributed by atoms with Gasteiger partial charge in [0.2, 0.25) is 5.78 Å². The van der Waals surface area contributed by atoms with E-state index in [1.54, 1.807) is 29.1 Å². The number of aromatic nitrogens is 5. The number of carbonyl (C=O) groups is 1. The van der Waals surface area contributed by atoms with Crippen LogP contribution in [0, 0.1) is 0 Å². The summed E-state index contributed by atoms with van der Waals surface area (Å²) >= 11 is 0. The zero-order chi connectivity index (χ0) is 19.4. The molecule has 0 N–H and O–H groups in total. The topological polar surface area (TPSA) is 92.5 Å². The summed E-state index contributed by atoms with van der Waals surface area (Å²) in [7, 11) is 3.00. The predicted molar refractivity (Wildman–Crippen MR) is 96.5 cm³/mol. The van der Waals surface area contributed by atoms with Gasteiger partial charge < -0.3 is 9.30 Å². The molecule has 0 radical (unpaired) electrons. The van der Waals surface area contributed by atoms with Gasteiger partial charge in [-0.05, 0) is 6.92 Å². The van der Waals surface area contributed by atoms with Crippen molar-refractivity contribution in [3.05, 3.63) is 32.7 Å². The number of imidazole rings is 2. The first-order valence-corrected chi connectivity index (χ1v) is 8.41. The van der Waals surface area contributed by atoms with Gasteiger partial charge in [0.05, 0.1) is 6.61 Å².